The van der Waals surface area contributed by atoms with Crippen LogP contribution in [0.1, 0.15) is 73.1 Å². The number of aliphatic hydroxyl groups is 3. The third-order valence-electron chi connectivity index (χ3n) is 11.2. The molecule has 0 radical (unpaired) electrons. The molecule has 39 heavy (non-hydrogen) atoms. The minimum Gasteiger partial charge on any atom is -0.465 e. The van der Waals surface area contributed by atoms with Crippen LogP contribution in [0, 0.1) is 22.7 Å². The van der Waals surface area contributed by atoms with E-state index >= 15 is 0 Å². The molecule has 3 saturated carbocycles. The maximum Gasteiger partial charge on any atom is 0.334 e. The highest BCUT2D eigenvalue weighted by molar-refractivity contribution is 6.10. The summed E-state index contributed by atoms with van der Waals surface area (Å²) >= 11 is 0. The van der Waals surface area contributed by atoms with E-state index in [4.69, 9.17) is 9.47 Å². The molecule has 0 amide bonds. The summed E-state index contributed by atoms with van der Waals surface area (Å²) in [6, 6.07) is 0. The zero-order chi connectivity index (χ0) is 28.8. The number of carbonyl (C=O) groups excluding carboxylic acids is 4. The number of esters is 2. The topological polar surface area (TPSA) is 147 Å². The molecule has 212 valence electrons. The number of fused-ring (bicyclic) bond motifs is 5. The highest BCUT2D eigenvalue weighted by atomic mass is 16.6. The molecule has 0 aromatic heterocycles. The second-order valence-electron chi connectivity index (χ2n) is 12.7. The lowest BCUT2D eigenvalue weighted by Gasteiger charge is -2.63. The maximum atomic E-state index is 13.4. The van der Waals surface area contributed by atoms with E-state index in [2.05, 4.69) is 0 Å². The van der Waals surface area contributed by atoms with Gasteiger partial charge in [0, 0.05) is 30.9 Å². The highest BCUT2D eigenvalue weighted by Crippen LogP contribution is 2.70. The minimum atomic E-state index is -2.05. The van der Waals surface area contributed by atoms with E-state index in [0.717, 1.165) is 5.57 Å². The van der Waals surface area contributed by atoms with Crippen LogP contribution in [-0.4, -0.2) is 68.3 Å². The summed E-state index contributed by atoms with van der Waals surface area (Å²) in [7, 11) is 0. The lowest BCUT2D eigenvalue weighted by molar-refractivity contribution is -0.294. The SMILES string of the molecule is CC(=O)OC[C@]12CC[C@H]3[C@@H](CC(=O)C4=CC=CC(=O)[C@@]43C)[C@]1(O)CC[C@@]2(O)[C@@](C)(O)C1CC(C)=C(C)C(=O)O1. The van der Waals surface area contributed by atoms with Gasteiger partial charge in [0.25, 0.3) is 0 Å². The third kappa shape index (κ3) is 3.42. The average molecular weight is 543 g/mol. The summed E-state index contributed by atoms with van der Waals surface area (Å²) in [6.07, 6.45) is 4.12. The van der Waals surface area contributed by atoms with Crippen LogP contribution < -0.4 is 0 Å². The molecule has 3 N–H and O–H groups in total. The van der Waals surface area contributed by atoms with Gasteiger partial charge in [0.05, 0.1) is 16.4 Å². The number of ether oxygens (including phenoxy) is 2. The minimum absolute atomic E-state index is 0.00301. The molecule has 1 aliphatic heterocycles. The van der Waals surface area contributed by atoms with E-state index < -0.39 is 64.1 Å². The Morgan fingerprint density at radius 2 is 1.82 bits per heavy atom. The lowest BCUT2D eigenvalue weighted by Crippen LogP contribution is -2.74. The van der Waals surface area contributed by atoms with Gasteiger partial charge < -0.3 is 24.8 Å². The zero-order valence-electron chi connectivity index (χ0n) is 23.2. The van der Waals surface area contributed by atoms with E-state index in [1.54, 1.807) is 32.9 Å². The van der Waals surface area contributed by atoms with Crippen molar-refractivity contribution in [2.75, 3.05) is 6.61 Å². The third-order valence-corrected chi connectivity index (χ3v) is 11.2. The molecule has 4 aliphatic carbocycles. The summed E-state index contributed by atoms with van der Waals surface area (Å²) < 4.78 is 11.1. The van der Waals surface area contributed by atoms with Gasteiger partial charge in [0.15, 0.2) is 11.6 Å². The number of hydrogen-bond acceptors (Lipinski definition) is 9. The van der Waals surface area contributed by atoms with Crippen molar-refractivity contribution in [1.82, 2.24) is 0 Å². The van der Waals surface area contributed by atoms with Crippen molar-refractivity contribution >= 4 is 23.5 Å². The first-order valence-electron chi connectivity index (χ1n) is 13.7. The Morgan fingerprint density at radius 1 is 1.13 bits per heavy atom. The molecule has 8 atom stereocenters. The van der Waals surface area contributed by atoms with Crippen molar-refractivity contribution in [3.8, 4) is 0 Å². The first-order valence-corrected chi connectivity index (χ1v) is 13.7. The molecule has 9 heteroatoms. The number of allylic oxidation sites excluding steroid dienone is 4. The molecule has 0 saturated heterocycles. The molecule has 5 rings (SSSR count). The zero-order valence-corrected chi connectivity index (χ0v) is 23.2. The van der Waals surface area contributed by atoms with Gasteiger partial charge in [-0.05, 0) is 71.3 Å². The fourth-order valence-corrected chi connectivity index (χ4v) is 8.62. The number of Topliss-reactive ketones (excluding diaryl/α,β-unsaturated/α-hetero) is 1. The summed E-state index contributed by atoms with van der Waals surface area (Å²) in [5.41, 5.74) is -6.97. The molecule has 5 aliphatic rings. The van der Waals surface area contributed by atoms with Crippen LogP contribution in [0.25, 0.3) is 0 Å². The normalized spacial score (nSPS) is 43.1. The fraction of sp³-hybridized carbons (Fsp3) is 0.667. The van der Waals surface area contributed by atoms with Gasteiger partial charge in [0.2, 0.25) is 0 Å². The average Bonchev–Trinajstić information content (AvgIpc) is 3.11. The highest BCUT2D eigenvalue weighted by Gasteiger charge is 2.79. The molecule has 0 spiro atoms. The number of hydrogen-bond donors (Lipinski definition) is 3. The van der Waals surface area contributed by atoms with Crippen LogP contribution in [0.5, 0.6) is 0 Å². The van der Waals surface area contributed by atoms with Crippen LogP contribution in [-0.2, 0) is 28.7 Å². The van der Waals surface area contributed by atoms with Crippen LogP contribution in [0.15, 0.2) is 34.9 Å². The van der Waals surface area contributed by atoms with Crippen molar-refractivity contribution in [3.05, 3.63) is 34.9 Å². The van der Waals surface area contributed by atoms with E-state index in [1.807, 2.05) is 0 Å². The Kier molecular flexibility index (Phi) is 6.22. The molecular weight excluding hydrogens is 504 g/mol. The molecule has 9 nitrogen and oxygen atoms in total. The summed E-state index contributed by atoms with van der Waals surface area (Å²) in [4.78, 5) is 51.3. The predicted octanol–water partition coefficient (Wildman–Crippen LogP) is 2.27. The summed E-state index contributed by atoms with van der Waals surface area (Å²) in [6.45, 7) is 7.38. The van der Waals surface area contributed by atoms with E-state index in [0.29, 0.717) is 17.6 Å². The predicted molar refractivity (Wildman–Crippen MR) is 138 cm³/mol. The number of ketones is 2. The number of cyclic esters (lactones) is 1. The number of carbonyl (C=O) groups is 4. The standard InChI is InChI=1S/C30H38O9/c1-16-13-24(39-25(34)17(16)2)27(5,35)30(37)12-11-29(36)21-14-22(32)20-7-6-8-23(33)26(20,4)19(21)9-10-28(29,30)15-38-18(3)31/h6-8,19,21,24,35-37H,9-15H2,1-5H3/t19-,21+,24?,26+,27-,28+,29+,30+/m0/s1. The molecule has 1 unspecified atom stereocenters. The van der Waals surface area contributed by atoms with Crippen molar-refractivity contribution in [2.45, 2.75) is 96.1 Å². The van der Waals surface area contributed by atoms with Gasteiger partial charge in [-0.1, -0.05) is 17.7 Å². The first kappa shape index (κ1) is 27.9. The Labute approximate surface area is 227 Å². The Hall–Kier alpha value is -2.62. The van der Waals surface area contributed by atoms with Gasteiger partial charge in [0.1, 0.15) is 23.9 Å². The summed E-state index contributed by atoms with van der Waals surface area (Å²) in [5, 5.41) is 37.3. The first-order chi connectivity index (χ1) is 18.1. The van der Waals surface area contributed by atoms with Crippen molar-refractivity contribution < 1.29 is 44.0 Å². The van der Waals surface area contributed by atoms with Gasteiger partial charge in [-0.3, -0.25) is 14.4 Å². The van der Waals surface area contributed by atoms with Gasteiger partial charge in [-0.15, -0.1) is 0 Å². The molecule has 0 aromatic rings. The van der Waals surface area contributed by atoms with E-state index in [1.165, 1.54) is 19.9 Å². The van der Waals surface area contributed by atoms with Gasteiger partial charge in [-0.2, -0.15) is 0 Å². The smallest absolute Gasteiger partial charge is 0.334 e. The van der Waals surface area contributed by atoms with Crippen LogP contribution in [0.4, 0.5) is 0 Å². The molecule has 1 heterocycles. The van der Waals surface area contributed by atoms with Crippen molar-refractivity contribution in [3.63, 3.8) is 0 Å². The summed E-state index contributed by atoms with van der Waals surface area (Å²) in [5.74, 6) is -2.78. The molecule has 3 fully saturated rings. The Balaban J connectivity index is 1.62. The largest absolute Gasteiger partial charge is 0.465 e. The number of rotatable bonds is 4. The monoisotopic (exact) mass is 542 g/mol. The van der Waals surface area contributed by atoms with E-state index in [9.17, 15) is 34.5 Å². The van der Waals surface area contributed by atoms with Crippen molar-refractivity contribution in [2.24, 2.45) is 22.7 Å². The molecular formula is C30H38O9. The maximum absolute atomic E-state index is 13.4. The second-order valence-corrected chi connectivity index (χ2v) is 12.7. The van der Waals surface area contributed by atoms with E-state index in [-0.39, 0.29) is 43.7 Å². The fourth-order valence-electron chi connectivity index (χ4n) is 8.62. The van der Waals surface area contributed by atoms with Gasteiger partial charge >= 0.3 is 11.9 Å². The van der Waals surface area contributed by atoms with Crippen molar-refractivity contribution in [1.29, 1.82) is 0 Å². The Morgan fingerprint density at radius 3 is 2.46 bits per heavy atom. The second kappa shape index (κ2) is 8.69. The molecule has 0 aromatic carbocycles. The van der Waals surface area contributed by atoms with Crippen LogP contribution in [0.3, 0.4) is 0 Å². The quantitative estimate of drug-likeness (QED) is 0.455. The molecule has 0 bridgehead atoms. The van der Waals surface area contributed by atoms with Crippen LogP contribution in [0.2, 0.25) is 0 Å². The lowest BCUT2D eigenvalue weighted by atomic mass is 9.43. The van der Waals surface area contributed by atoms with Gasteiger partial charge in [-0.25, -0.2) is 4.79 Å². The Bertz CT molecular complexity index is 1260. The van der Waals surface area contributed by atoms with Crippen LogP contribution >= 0.6 is 0 Å².